The van der Waals surface area contributed by atoms with Gasteiger partial charge in [0.05, 0.1) is 6.54 Å². The highest BCUT2D eigenvalue weighted by atomic mass is 15.0. The van der Waals surface area contributed by atoms with Gasteiger partial charge in [-0.1, -0.05) is 36.4 Å². The molecule has 3 nitrogen and oxygen atoms in total. The molecule has 0 amide bonds. The number of nitrogens with zero attached hydrogens (tertiary/aromatic N) is 2. The van der Waals surface area contributed by atoms with Crippen LogP contribution in [0.5, 0.6) is 0 Å². The summed E-state index contributed by atoms with van der Waals surface area (Å²) in [7, 11) is 0. The molecule has 1 aromatic heterocycles. The SMILES string of the molecule is c1cnc2c(c1)CN=C2Nc1ccc2ccccc2c1. The van der Waals surface area contributed by atoms with Gasteiger partial charge in [0.15, 0.2) is 5.84 Å². The lowest BCUT2D eigenvalue weighted by molar-refractivity contribution is 1.09. The molecule has 0 bridgehead atoms. The van der Waals surface area contributed by atoms with Crippen molar-refractivity contribution >= 4 is 22.3 Å². The van der Waals surface area contributed by atoms with Crippen molar-refractivity contribution in [2.75, 3.05) is 5.32 Å². The van der Waals surface area contributed by atoms with E-state index in [9.17, 15) is 0 Å². The molecule has 3 heteroatoms. The van der Waals surface area contributed by atoms with E-state index in [1.807, 2.05) is 12.3 Å². The van der Waals surface area contributed by atoms with Gasteiger partial charge in [-0.15, -0.1) is 0 Å². The first-order chi connectivity index (χ1) is 9.90. The molecule has 0 aliphatic carbocycles. The number of pyridine rings is 1. The summed E-state index contributed by atoms with van der Waals surface area (Å²) in [6.07, 6.45) is 1.81. The number of anilines is 1. The van der Waals surface area contributed by atoms with Gasteiger partial charge in [0.1, 0.15) is 5.69 Å². The first-order valence-corrected chi connectivity index (χ1v) is 6.65. The quantitative estimate of drug-likeness (QED) is 0.725. The number of benzene rings is 2. The number of hydrogen-bond donors (Lipinski definition) is 1. The van der Waals surface area contributed by atoms with Gasteiger partial charge in [-0.05, 0) is 29.0 Å². The number of aromatic nitrogens is 1. The number of rotatable bonds is 1. The number of amidine groups is 1. The fourth-order valence-electron chi connectivity index (χ4n) is 2.52. The summed E-state index contributed by atoms with van der Waals surface area (Å²) in [6.45, 7) is 0.707. The summed E-state index contributed by atoms with van der Waals surface area (Å²) < 4.78 is 0. The van der Waals surface area contributed by atoms with Gasteiger partial charge in [0.25, 0.3) is 0 Å². The van der Waals surface area contributed by atoms with Crippen LogP contribution in [0, 0.1) is 0 Å². The van der Waals surface area contributed by atoms with Crippen LogP contribution in [0.4, 0.5) is 5.69 Å². The molecule has 2 aromatic carbocycles. The normalized spacial score (nSPS) is 13.1. The van der Waals surface area contributed by atoms with Crippen LogP contribution in [0.3, 0.4) is 0 Å². The van der Waals surface area contributed by atoms with Crippen molar-refractivity contribution in [1.82, 2.24) is 4.98 Å². The second kappa shape index (κ2) is 4.46. The number of hydrogen-bond acceptors (Lipinski definition) is 3. The molecule has 0 unspecified atom stereocenters. The molecule has 0 radical (unpaired) electrons. The molecular formula is C17H13N3. The van der Waals surface area contributed by atoms with E-state index in [-0.39, 0.29) is 0 Å². The minimum Gasteiger partial charge on any atom is -0.339 e. The fraction of sp³-hybridized carbons (Fsp3) is 0.0588. The van der Waals surface area contributed by atoms with Gasteiger partial charge in [-0.2, -0.15) is 0 Å². The highest BCUT2D eigenvalue weighted by molar-refractivity contribution is 6.09. The van der Waals surface area contributed by atoms with Gasteiger partial charge in [-0.3, -0.25) is 9.98 Å². The van der Waals surface area contributed by atoms with Gasteiger partial charge in [0, 0.05) is 17.4 Å². The van der Waals surface area contributed by atoms with E-state index >= 15 is 0 Å². The third-order valence-corrected chi connectivity index (χ3v) is 3.54. The molecule has 0 atom stereocenters. The zero-order valence-corrected chi connectivity index (χ0v) is 10.9. The Kier molecular flexibility index (Phi) is 2.49. The van der Waals surface area contributed by atoms with Crippen LogP contribution in [0.15, 0.2) is 65.8 Å². The maximum absolute atomic E-state index is 4.52. The topological polar surface area (TPSA) is 37.3 Å². The highest BCUT2D eigenvalue weighted by Crippen LogP contribution is 2.22. The monoisotopic (exact) mass is 259 g/mol. The highest BCUT2D eigenvalue weighted by Gasteiger charge is 2.16. The predicted molar refractivity (Wildman–Crippen MR) is 82.0 cm³/mol. The van der Waals surface area contributed by atoms with E-state index in [2.05, 4.69) is 63.8 Å². The van der Waals surface area contributed by atoms with Crippen LogP contribution in [0.25, 0.3) is 10.8 Å². The minimum absolute atomic E-state index is 0.707. The Morgan fingerprint density at radius 2 is 1.80 bits per heavy atom. The van der Waals surface area contributed by atoms with E-state index in [4.69, 9.17) is 0 Å². The van der Waals surface area contributed by atoms with Crippen molar-refractivity contribution in [1.29, 1.82) is 0 Å². The Bertz CT molecular complexity index is 821. The Morgan fingerprint density at radius 1 is 0.900 bits per heavy atom. The third-order valence-electron chi connectivity index (χ3n) is 3.54. The van der Waals surface area contributed by atoms with Crippen molar-refractivity contribution < 1.29 is 0 Å². The van der Waals surface area contributed by atoms with Gasteiger partial charge in [-0.25, -0.2) is 0 Å². The smallest absolute Gasteiger partial charge is 0.152 e. The van der Waals surface area contributed by atoms with Crippen LogP contribution in [0.1, 0.15) is 11.3 Å². The average molecular weight is 259 g/mol. The van der Waals surface area contributed by atoms with Crippen LogP contribution < -0.4 is 5.32 Å². The molecule has 0 saturated carbocycles. The second-order valence-electron chi connectivity index (χ2n) is 4.86. The van der Waals surface area contributed by atoms with Gasteiger partial charge >= 0.3 is 0 Å². The molecule has 20 heavy (non-hydrogen) atoms. The molecular weight excluding hydrogens is 246 g/mol. The molecule has 2 heterocycles. The molecule has 96 valence electrons. The van der Waals surface area contributed by atoms with Gasteiger partial charge < -0.3 is 5.32 Å². The summed E-state index contributed by atoms with van der Waals surface area (Å²) in [5, 5.41) is 5.84. The molecule has 1 aliphatic rings. The summed E-state index contributed by atoms with van der Waals surface area (Å²) >= 11 is 0. The first kappa shape index (κ1) is 11.2. The van der Waals surface area contributed by atoms with E-state index in [1.54, 1.807) is 0 Å². The standard InChI is InChI=1S/C17H13N3/c1-2-5-13-10-15(8-7-12(13)4-1)20-17-16-14(11-19-17)6-3-9-18-16/h1-10H,11H2,(H,19,20). The number of aliphatic imine (C=N–C) groups is 1. The Balaban J connectivity index is 1.69. The Labute approximate surface area is 117 Å². The summed E-state index contributed by atoms with van der Waals surface area (Å²) in [6, 6.07) is 18.7. The minimum atomic E-state index is 0.707. The van der Waals surface area contributed by atoms with E-state index < -0.39 is 0 Å². The molecule has 3 aromatic rings. The average Bonchev–Trinajstić information content (AvgIpc) is 2.91. The molecule has 1 N–H and O–H groups in total. The largest absolute Gasteiger partial charge is 0.339 e. The zero-order valence-electron chi connectivity index (χ0n) is 10.9. The Hall–Kier alpha value is -2.68. The van der Waals surface area contributed by atoms with Crippen LogP contribution in [-0.4, -0.2) is 10.8 Å². The number of nitrogens with one attached hydrogen (secondary N) is 1. The van der Waals surface area contributed by atoms with Crippen molar-refractivity contribution in [2.24, 2.45) is 4.99 Å². The molecule has 0 spiro atoms. The van der Waals surface area contributed by atoms with Crippen molar-refractivity contribution in [2.45, 2.75) is 6.54 Å². The van der Waals surface area contributed by atoms with Crippen molar-refractivity contribution in [3.8, 4) is 0 Å². The zero-order chi connectivity index (χ0) is 13.4. The molecule has 1 aliphatic heterocycles. The third kappa shape index (κ3) is 1.84. The van der Waals surface area contributed by atoms with E-state index in [0.29, 0.717) is 6.54 Å². The summed E-state index contributed by atoms with van der Waals surface area (Å²) in [4.78, 5) is 8.93. The maximum atomic E-state index is 4.52. The maximum Gasteiger partial charge on any atom is 0.152 e. The van der Waals surface area contributed by atoms with Crippen LogP contribution in [0.2, 0.25) is 0 Å². The van der Waals surface area contributed by atoms with Gasteiger partial charge in [0.2, 0.25) is 0 Å². The van der Waals surface area contributed by atoms with E-state index in [1.165, 1.54) is 16.3 Å². The van der Waals surface area contributed by atoms with Crippen LogP contribution in [-0.2, 0) is 6.54 Å². The molecule has 0 saturated heterocycles. The fourth-order valence-corrected chi connectivity index (χ4v) is 2.52. The lowest BCUT2D eigenvalue weighted by Crippen LogP contribution is -2.12. The molecule has 0 fully saturated rings. The van der Waals surface area contributed by atoms with Crippen molar-refractivity contribution in [3.05, 3.63) is 72.1 Å². The lowest BCUT2D eigenvalue weighted by atomic mass is 10.1. The Morgan fingerprint density at radius 3 is 2.75 bits per heavy atom. The first-order valence-electron chi connectivity index (χ1n) is 6.65. The van der Waals surface area contributed by atoms with Crippen LogP contribution >= 0.6 is 0 Å². The number of fused-ring (bicyclic) bond motifs is 2. The summed E-state index contributed by atoms with van der Waals surface area (Å²) in [5.74, 6) is 0.857. The van der Waals surface area contributed by atoms with E-state index in [0.717, 1.165) is 17.2 Å². The predicted octanol–water partition coefficient (Wildman–Crippen LogP) is 3.61. The summed E-state index contributed by atoms with van der Waals surface area (Å²) in [5.41, 5.74) is 3.18. The second-order valence-corrected chi connectivity index (χ2v) is 4.86. The molecule has 4 rings (SSSR count). The van der Waals surface area contributed by atoms with Crippen molar-refractivity contribution in [3.63, 3.8) is 0 Å². The lowest BCUT2D eigenvalue weighted by Gasteiger charge is -2.08.